The molecule has 1 atom stereocenters. The molecule has 1 amide bonds. The lowest BCUT2D eigenvalue weighted by atomic mass is 10.2. The highest BCUT2D eigenvalue weighted by Gasteiger charge is 2.25. The molecule has 0 saturated carbocycles. The van der Waals surface area contributed by atoms with E-state index >= 15 is 0 Å². The van der Waals surface area contributed by atoms with Gasteiger partial charge in [-0.3, -0.25) is 4.79 Å². The predicted molar refractivity (Wildman–Crippen MR) is 53.4 cm³/mol. The van der Waals surface area contributed by atoms with E-state index in [2.05, 4.69) is 4.74 Å². The second-order valence-electron chi connectivity index (χ2n) is 3.10. The third kappa shape index (κ3) is 3.49. The van der Waals surface area contributed by atoms with Crippen molar-refractivity contribution in [3.8, 4) is 0 Å². The summed E-state index contributed by atoms with van der Waals surface area (Å²) in [6.07, 6.45) is -1.73. The van der Waals surface area contributed by atoms with E-state index in [4.69, 9.17) is 5.11 Å². The summed E-state index contributed by atoms with van der Waals surface area (Å²) in [5.41, 5.74) is -0.184. The maximum absolute atomic E-state index is 12.8. The lowest BCUT2D eigenvalue weighted by molar-refractivity contribution is -0.153. The van der Waals surface area contributed by atoms with Gasteiger partial charge < -0.3 is 15.2 Å². The van der Waals surface area contributed by atoms with Crippen molar-refractivity contribution in [1.82, 2.24) is 0 Å². The Morgan fingerprint density at radius 2 is 1.82 bits per heavy atom. The Labute approximate surface area is 95.0 Å². The fourth-order valence-electron chi connectivity index (χ4n) is 1.15. The number of carbonyl (C=O) groups excluding carboxylic acids is 1. The molecular formula is C10H9F2NO4. The molecule has 0 radical (unpaired) electrons. The number of carboxylic acid groups (broad SMARTS) is 1. The maximum Gasteiger partial charge on any atom is 0.342 e. The van der Waals surface area contributed by atoms with Crippen LogP contribution in [0, 0.1) is 11.6 Å². The first-order chi connectivity index (χ1) is 7.93. The van der Waals surface area contributed by atoms with Crippen molar-refractivity contribution in [2.45, 2.75) is 6.10 Å². The van der Waals surface area contributed by atoms with Crippen LogP contribution in [0.2, 0.25) is 0 Å². The molecule has 0 aromatic heterocycles. The van der Waals surface area contributed by atoms with Crippen molar-refractivity contribution in [1.29, 1.82) is 0 Å². The summed E-state index contributed by atoms with van der Waals surface area (Å²) >= 11 is 0. The summed E-state index contributed by atoms with van der Waals surface area (Å²) in [5, 5.41) is 10.6. The van der Waals surface area contributed by atoms with Gasteiger partial charge >= 0.3 is 5.97 Å². The largest absolute Gasteiger partial charge is 0.479 e. The molecule has 17 heavy (non-hydrogen) atoms. The molecule has 0 fully saturated rings. The fraction of sp³-hybridized carbons (Fsp3) is 0.200. The number of carbonyl (C=O) groups is 2. The Balaban J connectivity index is 2.83. The van der Waals surface area contributed by atoms with Crippen LogP contribution < -0.4 is 5.32 Å². The van der Waals surface area contributed by atoms with Crippen LogP contribution in [-0.2, 0) is 14.3 Å². The Kier molecular flexibility index (Phi) is 4.11. The van der Waals surface area contributed by atoms with Gasteiger partial charge in [-0.2, -0.15) is 0 Å². The number of carboxylic acids is 1. The molecule has 1 unspecified atom stereocenters. The highest BCUT2D eigenvalue weighted by atomic mass is 19.1. The summed E-state index contributed by atoms with van der Waals surface area (Å²) in [6.45, 7) is 0. The zero-order valence-electron chi connectivity index (χ0n) is 8.74. The summed E-state index contributed by atoms with van der Waals surface area (Å²) in [7, 11) is 1.03. The Morgan fingerprint density at radius 3 is 2.24 bits per heavy atom. The van der Waals surface area contributed by atoms with Crippen LogP contribution in [0.1, 0.15) is 0 Å². The van der Waals surface area contributed by atoms with Crippen LogP contribution in [0.15, 0.2) is 18.2 Å². The van der Waals surface area contributed by atoms with Crippen molar-refractivity contribution in [3.05, 3.63) is 29.8 Å². The minimum atomic E-state index is -1.73. The zero-order valence-corrected chi connectivity index (χ0v) is 8.74. The first-order valence-electron chi connectivity index (χ1n) is 4.46. The van der Waals surface area contributed by atoms with Gasteiger partial charge in [0, 0.05) is 18.9 Å². The number of rotatable bonds is 4. The van der Waals surface area contributed by atoms with Crippen LogP contribution in [0.25, 0.3) is 0 Å². The number of aliphatic carboxylic acids is 1. The molecule has 5 nitrogen and oxygen atoms in total. The van der Waals surface area contributed by atoms with E-state index in [9.17, 15) is 18.4 Å². The van der Waals surface area contributed by atoms with Crippen molar-refractivity contribution in [2.75, 3.05) is 12.4 Å². The first kappa shape index (κ1) is 13.0. The van der Waals surface area contributed by atoms with Gasteiger partial charge in [0.15, 0.2) is 0 Å². The van der Waals surface area contributed by atoms with Crippen molar-refractivity contribution in [2.24, 2.45) is 0 Å². The average molecular weight is 245 g/mol. The molecule has 0 spiro atoms. The number of hydrogen-bond acceptors (Lipinski definition) is 3. The van der Waals surface area contributed by atoms with Crippen molar-refractivity contribution in [3.63, 3.8) is 0 Å². The van der Waals surface area contributed by atoms with E-state index in [1.807, 2.05) is 5.32 Å². The van der Waals surface area contributed by atoms with Crippen molar-refractivity contribution < 1.29 is 28.2 Å². The minimum absolute atomic E-state index is 0.184. The Bertz CT molecular complexity index is 430. The molecule has 0 aliphatic carbocycles. The molecule has 2 N–H and O–H groups in total. The van der Waals surface area contributed by atoms with E-state index < -0.39 is 29.6 Å². The summed E-state index contributed by atoms with van der Waals surface area (Å²) in [6, 6.07) is 2.34. The lowest BCUT2D eigenvalue weighted by Crippen LogP contribution is -2.36. The van der Waals surface area contributed by atoms with Crippen LogP contribution in [0.5, 0.6) is 0 Å². The van der Waals surface area contributed by atoms with Gasteiger partial charge in [-0.15, -0.1) is 0 Å². The van der Waals surface area contributed by atoms with Gasteiger partial charge in [-0.05, 0) is 12.1 Å². The van der Waals surface area contributed by atoms with Gasteiger partial charge in [0.05, 0.1) is 0 Å². The second-order valence-corrected chi connectivity index (χ2v) is 3.10. The smallest absolute Gasteiger partial charge is 0.342 e. The molecule has 0 bridgehead atoms. The van der Waals surface area contributed by atoms with Gasteiger partial charge in [0.1, 0.15) is 11.6 Å². The molecule has 0 aliphatic rings. The van der Waals surface area contributed by atoms with Gasteiger partial charge in [0.25, 0.3) is 5.91 Å². The first-order valence-corrected chi connectivity index (χ1v) is 4.46. The normalized spacial score (nSPS) is 11.9. The maximum atomic E-state index is 12.8. The fourth-order valence-corrected chi connectivity index (χ4v) is 1.15. The Morgan fingerprint density at radius 1 is 1.29 bits per heavy atom. The highest BCUT2D eigenvalue weighted by Crippen LogP contribution is 2.13. The Hall–Kier alpha value is -2.02. The molecule has 0 heterocycles. The molecule has 1 aromatic rings. The van der Waals surface area contributed by atoms with E-state index in [-0.39, 0.29) is 5.69 Å². The van der Waals surface area contributed by atoms with Crippen molar-refractivity contribution >= 4 is 17.6 Å². The summed E-state index contributed by atoms with van der Waals surface area (Å²) in [5.74, 6) is -4.29. The summed E-state index contributed by atoms with van der Waals surface area (Å²) < 4.78 is 30.0. The third-order valence-electron chi connectivity index (χ3n) is 1.83. The van der Waals surface area contributed by atoms with Crippen LogP contribution in [0.3, 0.4) is 0 Å². The number of hydrogen-bond donors (Lipinski definition) is 2. The number of benzene rings is 1. The molecule has 1 rings (SSSR count). The minimum Gasteiger partial charge on any atom is -0.479 e. The molecule has 7 heteroatoms. The lowest BCUT2D eigenvalue weighted by Gasteiger charge is -2.11. The third-order valence-corrected chi connectivity index (χ3v) is 1.83. The average Bonchev–Trinajstić information content (AvgIpc) is 2.15. The highest BCUT2D eigenvalue weighted by molar-refractivity contribution is 6.06. The molecular weight excluding hydrogens is 236 g/mol. The molecule has 0 aliphatic heterocycles. The van der Waals surface area contributed by atoms with Gasteiger partial charge in [-0.25, -0.2) is 13.6 Å². The molecule has 92 valence electrons. The van der Waals surface area contributed by atoms with Crippen LogP contribution >= 0.6 is 0 Å². The standard InChI is InChI=1S/C10H9F2NO4/c1-17-8(10(15)16)9(14)13-7-3-5(11)2-6(12)4-7/h2-4,8H,1H3,(H,13,14)(H,15,16). The topological polar surface area (TPSA) is 75.6 Å². The van der Waals surface area contributed by atoms with Gasteiger partial charge in [-0.1, -0.05) is 0 Å². The van der Waals surface area contributed by atoms with Crippen LogP contribution in [-0.4, -0.2) is 30.2 Å². The number of ether oxygens (including phenoxy) is 1. The number of methoxy groups -OCH3 is 1. The predicted octanol–water partition coefficient (Wildman–Crippen LogP) is 1.00. The van der Waals surface area contributed by atoms with Crippen LogP contribution in [0.4, 0.5) is 14.5 Å². The number of amides is 1. The molecule has 0 saturated heterocycles. The van der Waals surface area contributed by atoms with E-state index in [0.29, 0.717) is 6.07 Å². The number of anilines is 1. The summed E-state index contributed by atoms with van der Waals surface area (Å²) in [4.78, 5) is 21.9. The number of nitrogens with one attached hydrogen (secondary N) is 1. The van der Waals surface area contributed by atoms with E-state index in [1.165, 1.54) is 0 Å². The zero-order chi connectivity index (χ0) is 13.0. The monoisotopic (exact) mass is 245 g/mol. The van der Waals surface area contributed by atoms with Gasteiger partial charge in [0.2, 0.25) is 6.10 Å². The number of halogens is 2. The van der Waals surface area contributed by atoms with E-state index in [0.717, 1.165) is 19.2 Å². The SMILES string of the molecule is COC(C(=O)O)C(=O)Nc1cc(F)cc(F)c1. The quantitative estimate of drug-likeness (QED) is 0.776. The second kappa shape index (κ2) is 5.35. The molecule has 1 aromatic carbocycles. The van der Waals surface area contributed by atoms with E-state index in [1.54, 1.807) is 0 Å².